The molecular formula is C24H27ClN4O3. The zero-order valence-electron chi connectivity index (χ0n) is 17.9. The number of carbonyl (C=O) groups is 1. The smallest absolute Gasteiger partial charge is 0.269 e. The molecule has 8 heteroatoms. The molecule has 3 aliphatic rings. The molecule has 7 nitrogen and oxygen atoms in total. The first-order valence-electron chi connectivity index (χ1n) is 11.3. The molecule has 1 N–H and O–H groups in total. The Bertz CT molecular complexity index is 1020. The molecule has 0 aromatic heterocycles. The topological polar surface area (TPSA) is 78.7 Å². The highest BCUT2D eigenvalue weighted by Gasteiger charge is 2.42. The normalized spacial score (nSPS) is 22.7. The zero-order chi connectivity index (χ0) is 22.2. The standard InChI is InChI=1S/C24H27ClN4O3/c25-19-5-3-17(4-6-19)14-27-9-10-28-22-8-7-20(29(31)32)11-18(22)12-21(23(28)15-27)24(30)26-13-16-1-2-16/h3-8,11,16,21,23H,1-2,9-10,12-15H2,(H,26,30)/t21-,23-/m1/s1. The number of amides is 1. The molecule has 2 aromatic rings. The van der Waals surface area contributed by atoms with E-state index in [1.165, 1.54) is 18.4 Å². The van der Waals surface area contributed by atoms with Crippen LogP contribution in [0.25, 0.3) is 0 Å². The van der Waals surface area contributed by atoms with Crippen molar-refractivity contribution in [3.05, 3.63) is 68.7 Å². The molecule has 1 saturated heterocycles. The summed E-state index contributed by atoms with van der Waals surface area (Å²) < 4.78 is 0. The summed E-state index contributed by atoms with van der Waals surface area (Å²) in [7, 11) is 0. The third-order valence-corrected chi connectivity index (χ3v) is 7.16. The van der Waals surface area contributed by atoms with E-state index in [1.54, 1.807) is 12.1 Å². The Labute approximate surface area is 192 Å². The Hall–Kier alpha value is -2.64. The van der Waals surface area contributed by atoms with Crippen LogP contribution in [0.15, 0.2) is 42.5 Å². The molecule has 0 spiro atoms. The predicted molar refractivity (Wildman–Crippen MR) is 124 cm³/mol. The molecule has 2 aliphatic heterocycles. The molecule has 0 radical (unpaired) electrons. The molecule has 32 heavy (non-hydrogen) atoms. The van der Waals surface area contributed by atoms with E-state index < -0.39 is 0 Å². The summed E-state index contributed by atoms with van der Waals surface area (Å²) in [5.74, 6) is 0.452. The van der Waals surface area contributed by atoms with Gasteiger partial charge in [-0.1, -0.05) is 23.7 Å². The molecule has 1 amide bonds. The fourth-order valence-corrected chi connectivity index (χ4v) is 5.10. The van der Waals surface area contributed by atoms with Gasteiger partial charge < -0.3 is 10.2 Å². The molecule has 1 aliphatic carbocycles. The number of non-ortho nitro benzene ring substituents is 1. The number of fused-ring (bicyclic) bond motifs is 3. The van der Waals surface area contributed by atoms with Crippen LogP contribution in [-0.2, 0) is 17.8 Å². The molecule has 168 valence electrons. The number of hydrogen-bond donors (Lipinski definition) is 1. The molecule has 0 bridgehead atoms. The summed E-state index contributed by atoms with van der Waals surface area (Å²) in [6.07, 6.45) is 2.90. The van der Waals surface area contributed by atoms with Crippen molar-refractivity contribution < 1.29 is 9.72 Å². The number of nitro benzene ring substituents is 1. The van der Waals surface area contributed by atoms with Crippen molar-refractivity contribution in [2.24, 2.45) is 11.8 Å². The van der Waals surface area contributed by atoms with Crippen molar-refractivity contribution in [3.8, 4) is 0 Å². The molecule has 2 fully saturated rings. The fraction of sp³-hybridized carbons (Fsp3) is 0.458. The van der Waals surface area contributed by atoms with Crippen LogP contribution in [0.5, 0.6) is 0 Å². The van der Waals surface area contributed by atoms with E-state index in [-0.39, 0.29) is 28.5 Å². The minimum atomic E-state index is -0.363. The molecular weight excluding hydrogens is 428 g/mol. The SMILES string of the molecule is O=C(NCC1CC1)[C@@H]1Cc2cc([N+](=O)[O-])ccc2N2CCN(Cc3ccc(Cl)cc3)C[C@H]12. The average molecular weight is 455 g/mol. The van der Waals surface area contributed by atoms with Crippen molar-refractivity contribution in [2.45, 2.75) is 31.8 Å². The van der Waals surface area contributed by atoms with Crippen LogP contribution < -0.4 is 10.2 Å². The van der Waals surface area contributed by atoms with Gasteiger partial charge >= 0.3 is 0 Å². The summed E-state index contributed by atoms with van der Waals surface area (Å²) in [6, 6.07) is 13.0. The van der Waals surface area contributed by atoms with Gasteiger partial charge in [0, 0.05) is 55.6 Å². The second-order valence-corrected chi connectivity index (χ2v) is 9.63. The Morgan fingerprint density at radius 1 is 1.16 bits per heavy atom. The van der Waals surface area contributed by atoms with Crippen LogP contribution in [0.2, 0.25) is 5.02 Å². The molecule has 2 atom stereocenters. The van der Waals surface area contributed by atoms with Gasteiger partial charge in [-0.25, -0.2) is 0 Å². The summed E-state index contributed by atoms with van der Waals surface area (Å²) in [5.41, 5.74) is 3.20. The average Bonchev–Trinajstić information content (AvgIpc) is 3.62. The summed E-state index contributed by atoms with van der Waals surface area (Å²) in [4.78, 5) is 28.8. The fourth-order valence-electron chi connectivity index (χ4n) is 4.97. The van der Waals surface area contributed by atoms with E-state index >= 15 is 0 Å². The van der Waals surface area contributed by atoms with E-state index in [2.05, 4.69) is 15.1 Å². The van der Waals surface area contributed by atoms with E-state index in [0.717, 1.165) is 49.0 Å². The second kappa shape index (κ2) is 8.71. The number of anilines is 1. The van der Waals surface area contributed by atoms with Crippen LogP contribution in [0, 0.1) is 22.0 Å². The lowest BCUT2D eigenvalue weighted by molar-refractivity contribution is -0.384. The summed E-state index contributed by atoms with van der Waals surface area (Å²) in [5, 5.41) is 15.2. The quantitative estimate of drug-likeness (QED) is 0.532. The van der Waals surface area contributed by atoms with Crippen molar-refractivity contribution in [2.75, 3.05) is 31.1 Å². The number of nitro groups is 1. The molecule has 2 heterocycles. The van der Waals surface area contributed by atoms with Crippen LogP contribution >= 0.6 is 11.6 Å². The first-order valence-corrected chi connectivity index (χ1v) is 11.6. The van der Waals surface area contributed by atoms with E-state index in [9.17, 15) is 14.9 Å². The van der Waals surface area contributed by atoms with E-state index in [4.69, 9.17) is 11.6 Å². The maximum atomic E-state index is 13.2. The first kappa shape index (κ1) is 21.2. The number of hydrogen-bond acceptors (Lipinski definition) is 5. The van der Waals surface area contributed by atoms with Gasteiger partial charge in [0.2, 0.25) is 5.91 Å². The number of benzene rings is 2. The second-order valence-electron chi connectivity index (χ2n) is 9.19. The Balaban J connectivity index is 1.39. The molecule has 1 saturated carbocycles. The number of nitrogens with zero attached hydrogens (tertiary/aromatic N) is 3. The maximum absolute atomic E-state index is 13.2. The number of carbonyl (C=O) groups excluding carboxylic acids is 1. The minimum absolute atomic E-state index is 0.0456. The number of nitrogens with one attached hydrogen (secondary N) is 1. The van der Waals surface area contributed by atoms with Crippen molar-refractivity contribution >= 4 is 28.9 Å². The van der Waals surface area contributed by atoms with Gasteiger partial charge in [0.1, 0.15) is 0 Å². The van der Waals surface area contributed by atoms with Crippen molar-refractivity contribution in [3.63, 3.8) is 0 Å². The largest absolute Gasteiger partial charge is 0.365 e. The first-order chi connectivity index (χ1) is 15.5. The van der Waals surface area contributed by atoms with Crippen LogP contribution in [-0.4, -0.2) is 48.0 Å². The highest BCUT2D eigenvalue weighted by atomic mass is 35.5. The van der Waals surface area contributed by atoms with Gasteiger partial charge in [0.05, 0.1) is 16.9 Å². The lowest BCUT2D eigenvalue weighted by Crippen LogP contribution is -2.61. The monoisotopic (exact) mass is 454 g/mol. The Kier molecular flexibility index (Phi) is 5.78. The predicted octanol–water partition coefficient (Wildman–Crippen LogP) is 3.64. The number of rotatable bonds is 6. The van der Waals surface area contributed by atoms with Gasteiger partial charge in [-0.2, -0.15) is 0 Å². The van der Waals surface area contributed by atoms with E-state index in [1.807, 2.05) is 30.3 Å². The van der Waals surface area contributed by atoms with Crippen molar-refractivity contribution in [1.82, 2.24) is 10.2 Å². The molecule has 5 rings (SSSR count). The highest BCUT2D eigenvalue weighted by molar-refractivity contribution is 6.30. The van der Waals surface area contributed by atoms with Gasteiger partial charge in [0.15, 0.2) is 0 Å². The zero-order valence-corrected chi connectivity index (χ0v) is 18.6. The number of piperazine rings is 1. The molecule has 2 aromatic carbocycles. The highest BCUT2D eigenvalue weighted by Crippen LogP contribution is 2.38. The van der Waals surface area contributed by atoms with E-state index in [0.29, 0.717) is 12.3 Å². The molecule has 0 unspecified atom stereocenters. The minimum Gasteiger partial charge on any atom is -0.365 e. The summed E-state index contributed by atoms with van der Waals surface area (Å²) in [6.45, 7) is 3.98. The third-order valence-electron chi connectivity index (χ3n) is 6.91. The number of halogens is 1. The van der Waals surface area contributed by atoms with Gasteiger partial charge in [-0.15, -0.1) is 0 Å². The lowest BCUT2D eigenvalue weighted by Gasteiger charge is -2.49. The van der Waals surface area contributed by atoms with Gasteiger partial charge in [-0.05, 0) is 54.5 Å². The third kappa shape index (κ3) is 4.45. The lowest BCUT2D eigenvalue weighted by atomic mass is 9.83. The van der Waals surface area contributed by atoms with Crippen LogP contribution in [0.3, 0.4) is 0 Å². The van der Waals surface area contributed by atoms with Gasteiger partial charge in [-0.3, -0.25) is 19.8 Å². The van der Waals surface area contributed by atoms with Crippen LogP contribution in [0.1, 0.15) is 24.0 Å². The Morgan fingerprint density at radius 3 is 2.66 bits per heavy atom. The maximum Gasteiger partial charge on any atom is 0.269 e. The summed E-state index contributed by atoms with van der Waals surface area (Å²) >= 11 is 6.03. The van der Waals surface area contributed by atoms with Crippen molar-refractivity contribution in [1.29, 1.82) is 0 Å². The van der Waals surface area contributed by atoms with Gasteiger partial charge in [0.25, 0.3) is 5.69 Å². The Morgan fingerprint density at radius 2 is 1.94 bits per heavy atom. The van der Waals surface area contributed by atoms with Crippen LogP contribution in [0.4, 0.5) is 11.4 Å².